The summed E-state index contributed by atoms with van der Waals surface area (Å²) in [5.74, 6) is 2.62. The lowest BCUT2D eigenvalue weighted by Gasteiger charge is -2.64. The molecule has 3 saturated carbocycles. The van der Waals surface area contributed by atoms with Crippen LogP contribution in [-0.4, -0.2) is 17.3 Å². The molecule has 0 bridgehead atoms. The summed E-state index contributed by atoms with van der Waals surface area (Å²) in [7, 11) is 1.50. The molecular formula is C30H49NO2. The summed E-state index contributed by atoms with van der Waals surface area (Å²) in [6.45, 7) is 16.0. The van der Waals surface area contributed by atoms with Gasteiger partial charge in [0.1, 0.15) is 0 Å². The smallest absolute Gasteiger partial charge is 0.160 e. The Morgan fingerprint density at radius 2 is 1.61 bits per heavy atom. The zero-order valence-electron chi connectivity index (χ0n) is 22.5. The van der Waals surface area contributed by atoms with Crippen LogP contribution < -0.4 is 5.73 Å². The summed E-state index contributed by atoms with van der Waals surface area (Å²) >= 11 is 0. The van der Waals surface area contributed by atoms with Gasteiger partial charge in [-0.2, -0.15) is 0 Å². The Labute approximate surface area is 202 Å². The van der Waals surface area contributed by atoms with Crippen LogP contribution in [0.5, 0.6) is 11.5 Å². The average Bonchev–Trinajstić information content (AvgIpc) is 2.81. The molecule has 3 nitrogen and oxygen atoms in total. The van der Waals surface area contributed by atoms with Gasteiger partial charge in [0.25, 0.3) is 0 Å². The number of aromatic hydroxyl groups is 2. The van der Waals surface area contributed by atoms with Crippen LogP contribution in [0.1, 0.15) is 103 Å². The molecule has 0 heterocycles. The minimum atomic E-state index is -0.0111. The first-order valence-corrected chi connectivity index (χ1v) is 13.4. The van der Waals surface area contributed by atoms with Gasteiger partial charge >= 0.3 is 0 Å². The summed E-state index contributed by atoms with van der Waals surface area (Å²) in [4.78, 5) is 0. The molecule has 4 N–H and O–H groups in total. The van der Waals surface area contributed by atoms with Crippen molar-refractivity contribution in [2.45, 2.75) is 105 Å². The van der Waals surface area contributed by atoms with Crippen LogP contribution in [-0.2, 0) is 11.8 Å². The van der Waals surface area contributed by atoms with E-state index < -0.39 is 0 Å². The number of phenolic OH excluding ortho intramolecular Hbond substituents is 2. The Kier molecular flexibility index (Phi) is 7.35. The van der Waals surface area contributed by atoms with Crippen LogP contribution in [0.4, 0.5) is 0 Å². The molecule has 0 amide bonds. The molecule has 5 rings (SSSR count). The molecule has 0 spiro atoms. The normalized spacial score (nSPS) is 38.6. The van der Waals surface area contributed by atoms with E-state index in [0.29, 0.717) is 5.41 Å². The number of hydrogen-bond donors (Lipinski definition) is 3. The second kappa shape index (κ2) is 9.29. The highest BCUT2D eigenvalue weighted by Gasteiger charge is 2.59. The fourth-order valence-electron chi connectivity index (χ4n) is 8.32. The van der Waals surface area contributed by atoms with Crippen molar-refractivity contribution in [3.63, 3.8) is 0 Å². The summed E-state index contributed by atoms with van der Waals surface area (Å²) in [6, 6.07) is 1.88. The lowest BCUT2D eigenvalue weighted by atomic mass is 9.41. The van der Waals surface area contributed by atoms with Crippen LogP contribution in [0.25, 0.3) is 0 Å². The first-order valence-electron chi connectivity index (χ1n) is 13.4. The zero-order chi connectivity index (χ0) is 24.8. The molecule has 4 aliphatic rings. The van der Waals surface area contributed by atoms with Crippen LogP contribution in [0, 0.1) is 35.5 Å². The van der Waals surface area contributed by atoms with Crippen molar-refractivity contribution in [2.24, 2.45) is 34.3 Å². The van der Waals surface area contributed by atoms with E-state index in [1.54, 1.807) is 5.57 Å². The minimum Gasteiger partial charge on any atom is -0.504 e. The van der Waals surface area contributed by atoms with E-state index >= 15 is 0 Å². The third-order valence-corrected chi connectivity index (χ3v) is 10.2. The topological polar surface area (TPSA) is 66.5 Å². The van der Waals surface area contributed by atoms with Gasteiger partial charge < -0.3 is 15.9 Å². The van der Waals surface area contributed by atoms with Gasteiger partial charge in [-0.05, 0) is 110 Å². The van der Waals surface area contributed by atoms with E-state index in [1.165, 1.54) is 56.7 Å². The van der Waals surface area contributed by atoms with E-state index in [2.05, 4.69) is 39.5 Å². The van der Waals surface area contributed by atoms with Gasteiger partial charge in [0, 0.05) is 5.41 Å². The summed E-state index contributed by atoms with van der Waals surface area (Å²) in [5, 5.41) is 20.7. The third-order valence-electron chi connectivity index (χ3n) is 10.2. The van der Waals surface area contributed by atoms with Gasteiger partial charge in [0.05, 0.1) is 0 Å². The largest absolute Gasteiger partial charge is 0.504 e. The van der Waals surface area contributed by atoms with Gasteiger partial charge in [-0.15, -0.1) is 0 Å². The van der Waals surface area contributed by atoms with Crippen molar-refractivity contribution >= 4 is 0 Å². The van der Waals surface area contributed by atoms with E-state index in [-0.39, 0.29) is 22.3 Å². The highest BCUT2D eigenvalue weighted by molar-refractivity contribution is 5.60. The fourth-order valence-corrected chi connectivity index (χ4v) is 8.32. The van der Waals surface area contributed by atoms with Crippen molar-refractivity contribution in [1.29, 1.82) is 0 Å². The van der Waals surface area contributed by atoms with Gasteiger partial charge in [-0.3, -0.25) is 0 Å². The Bertz CT molecular complexity index is 905. The molecule has 0 saturated heterocycles. The number of nitrogens with two attached hydrogens (primary N) is 1. The molecule has 0 radical (unpaired) electrons. The molecular weight excluding hydrogens is 406 g/mol. The predicted molar refractivity (Wildman–Crippen MR) is 140 cm³/mol. The second-order valence-corrected chi connectivity index (χ2v) is 11.8. The van der Waals surface area contributed by atoms with E-state index in [1.807, 2.05) is 26.8 Å². The number of fused-ring (bicyclic) bond motifs is 7. The molecule has 186 valence electrons. The molecule has 33 heavy (non-hydrogen) atoms. The predicted octanol–water partition coefficient (Wildman–Crippen LogP) is 7.40. The Hall–Kier alpha value is -1.48. The molecule has 4 aliphatic carbocycles. The first-order chi connectivity index (χ1) is 15.6. The molecule has 0 aromatic heterocycles. The maximum atomic E-state index is 10.4. The van der Waals surface area contributed by atoms with E-state index in [4.69, 9.17) is 0 Å². The van der Waals surface area contributed by atoms with Crippen molar-refractivity contribution in [2.75, 3.05) is 7.05 Å². The number of hydrogen-bond acceptors (Lipinski definition) is 3. The molecule has 1 aromatic rings. The molecule has 0 aliphatic heterocycles. The van der Waals surface area contributed by atoms with Crippen LogP contribution >= 0.6 is 0 Å². The average molecular weight is 456 g/mol. The minimum absolute atomic E-state index is 0.0111. The molecule has 3 heteroatoms. The Morgan fingerprint density at radius 3 is 2.27 bits per heavy atom. The SMILES string of the molecule is CC.CN.Cc1c(O)c(O)cc2c1CC=C1C2(C)CCC2C3CC(C)CCC3(C)CCC12C. The maximum absolute atomic E-state index is 10.4. The van der Waals surface area contributed by atoms with Gasteiger partial charge in [0.2, 0.25) is 0 Å². The molecule has 1 aromatic carbocycles. The van der Waals surface area contributed by atoms with E-state index in [0.717, 1.165) is 36.2 Å². The standard InChI is InChI=1S/C27H38O2.C2H6.CH5N/c1-16-8-10-25(3)12-13-27(5)19(21(25)14-16)9-11-26(4)20-15-22(28)24(29)17(2)18(20)6-7-23(26)27;2*1-2/h7,15-16,19,21,28-29H,6,8-14H2,1-5H3;1-2H3;2H2,1H3. The van der Waals surface area contributed by atoms with Crippen LogP contribution in [0.3, 0.4) is 0 Å². The number of benzene rings is 1. The lowest BCUT2D eigenvalue weighted by Crippen LogP contribution is -2.55. The summed E-state index contributed by atoms with van der Waals surface area (Å²) < 4.78 is 0. The molecule has 6 unspecified atom stereocenters. The number of allylic oxidation sites excluding steroid dienone is 2. The molecule has 3 fully saturated rings. The van der Waals surface area contributed by atoms with Crippen LogP contribution in [0.15, 0.2) is 17.7 Å². The van der Waals surface area contributed by atoms with Gasteiger partial charge in [-0.1, -0.05) is 59.6 Å². The molecule has 6 atom stereocenters. The van der Waals surface area contributed by atoms with Gasteiger partial charge in [0.15, 0.2) is 11.5 Å². The maximum Gasteiger partial charge on any atom is 0.160 e. The van der Waals surface area contributed by atoms with Crippen molar-refractivity contribution in [3.8, 4) is 11.5 Å². The Morgan fingerprint density at radius 1 is 0.939 bits per heavy atom. The quantitative estimate of drug-likeness (QED) is 0.282. The first kappa shape index (κ1) is 26.1. The lowest BCUT2D eigenvalue weighted by molar-refractivity contribution is -0.0808. The second-order valence-electron chi connectivity index (χ2n) is 11.8. The summed E-state index contributed by atoms with van der Waals surface area (Å²) in [6.07, 6.45) is 12.8. The van der Waals surface area contributed by atoms with Crippen LogP contribution in [0.2, 0.25) is 0 Å². The number of rotatable bonds is 0. The van der Waals surface area contributed by atoms with Crippen molar-refractivity contribution < 1.29 is 10.2 Å². The zero-order valence-corrected chi connectivity index (χ0v) is 22.5. The Balaban J connectivity index is 0.000000728. The van der Waals surface area contributed by atoms with Crippen molar-refractivity contribution in [1.82, 2.24) is 0 Å². The number of phenols is 2. The van der Waals surface area contributed by atoms with E-state index in [9.17, 15) is 10.2 Å². The summed E-state index contributed by atoms with van der Waals surface area (Å²) in [5.41, 5.74) is 10.3. The van der Waals surface area contributed by atoms with Gasteiger partial charge in [-0.25, -0.2) is 0 Å². The fraction of sp³-hybridized carbons (Fsp3) is 0.733. The monoisotopic (exact) mass is 455 g/mol. The highest BCUT2D eigenvalue weighted by Crippen LogP contribution is 2.68. The highest BCUT2D eigenvalue weighted by atomic mass is 16.3. The van der Waals surface area contributed by atoms with Crippen molar-refractivity contribution in [3.05, 3.63) is 34.4 Å². The third kappa shape index (κ3) is 3.83.